The van der Waals surface area contributed by atoms with Crippen molar-refractivity contribution in [2.24, 2.45) is 0 Å². The number of aliphatic hydroxyl groups is 1. The largest absolute Gasteiger partial charge is 0.467 e. The van der Waals surface area contributed by atoms with Crippen LogP contribution in [0.2, 0.25) is 0 Å². The molecule has 0 saturated carbocycles. The van der Waals surface area contributed by atoms with Gasteiger partial charge in [-0.3, -0.25) is 0 Å². The van der Waals surface area contributed by atoms with Crippen molar-refractivity contribution in [1.29, 1.82) is 0 Å². The zero-order chi connectivity index (χ0) is 16.4. The number of nitrogens with zero attached hydrogens (tertiary/aromatic N) is 1. The van der Waals surface area contributed by atoms with Crippen LogP contribution in [0.25, 0.3) is 0 Å². The van der Waals surface area contributed by atoms with E-state index in [1.807, 2.05) is 0 Å². The minimum atomic E-state index is -3.92. The van der Waals surface area contributed by atoms with Crippen molar-refractivity contribution >= 4 is 10.0 Å². The van der Waals surface area contributed by atoms with Crippen LogP contribution in [0.3, 0.4) is 0 Å². The molecule has 1 aromatic heterocycles. The van der Waals surface area contributed by atoms with Crippen LogP contribution in [0.5, 0.6) is 0 Å². The van der Waals surface area contributed by atoms with E-state index < -0.39 is 21.9 Å². The fraction of sp³-hybridized carbons (Fsp3) is 0.375. The molecule has 0 bridgehead atoms. The van der Waals surface area contributed by atoms with Gasteiger partial charge in [0.05, 0.1) is 6.26 Å². The van der Waals surface area contributed by atoms with E-state index in [4.69, 9.17) is 4.42 Å². The first kappa shape index (κ1) is 16.2. The third-order valence-electron chi connectivity index (χ3n) is 4.11. The summed E-state index contributed by atoms with van der Waals surface area (Å²) in [5.41, 5.74) is 0. The molecule has 1 fully saturated rings. The zero-order valence-corrected chi connectivity index (χ0v) is 13.2. The minimum Gasteiger partial charge on any atom is -0.467 e. The molecule has 1 N–H and O–H groups in total. The monoisotopic (exact) mass is 339 g/mol. The lowest BCUT2D eigenvalue weighted by molar-refractivity contribution is 0.118. The molecule has 2 heterocycles. The number of sulfonamides is 1. The van der Waals surface area contributed by atoms with Crippen LogP contribution in [0.4, 0.5) is 4.39 Å². The van der Waals surface area contributed by atoms with E-state index in [1.54, 1.807) is 12.1 Å². The number of furan rings is 1. The second-order valence-corrected chi connectivity index (χ2v) is 7.47. The normalized spacial score (nSPS) is 20.7. The molecule has 0 spiro atoms. The second kappa shape index (κ2) is 6.43. The van der Waals surface area contributed by atoms with Crippen molar-refractivity contribution in [1.82, 2.24) is 4.31 Å². The van der Waals surface area contributed by atoms with Crippen LogP contribution in [0.1, 0.15) is 31.1 Å². The fourth-order valence-electron chi connectivity index (χ4n) is 3.00. The topological polar surface area (TPSA) is 70.8 Å². The summed E-state index contributed by atoms with van der Waals surface area (Å²) in [6.07, 6.45) is 2.11. The van der Waals surface area contributed by atoms with E-state index >= 15 is 0 Å². The van der Waals surface area contributed by atoms with Crippen molar-refractivity contribution in [2.45, 2.75) is 36.3 Å². The number of hydrogen-bond acceptors (Lipinski definition) is 4. The van der Waals surface area contributed by atoms with Crippen LogP contribution in [-0.4, -0.2) is 30.4 Å². The van der Waals surface area contributed by atoms with Gasteiger partial charge in [-0.25, -0.2) is 12.8 Å². The first-order valence-electron chi connectivity index (χ1n) is 7.48. The molecular formula is C16H18FNO4S. The molecule has 5 nitrogen and oxygen atoms in total. The quantitative estimate of drug-likeness (QED) is 0.909. The van der Waals surface area contributed by atoms with E-state index in [0.29, 0.717) is 25.1 Å². The Morgan fingerprint density at radius 1 is 1.30 bits per heavy atom. The Morgan fingerprint density at radius 3 is 2.78 bits per heavy atom. The highest BCUT2D eigenvalue weighted by Gasteiger charge is 2.37. The van der Waals surface area contributed by atoms with E-state index in [-0.39, 0.29) is 17.4 Å². The van der Waals surface area contributed by atoms with E-state index in [9.17, 15) is 17.9 Å². The van der Waals surface area contributed by atoms with Crippen molar-refractivity contribution in [2.75, 3.05) is 6.54 Å². The van der Waals surface area contributed by atoms with Gasteiger partial charge in [-0.1, -0.05) is 12.1 Å². The summed E-state index contributed by atoms with van der Waals surface area (Å²) in [7, 11) is -3.92. The van der Waals surface area contributed by atoms with E-state index in [1.165, 1.54) is 28.8 Å². The second-order valence-electron chi connectivity index (χ2n) is 5.61. The average molecular weight is 339 g/mol. The van der Waals surface area contributed by atoms with Crippen molar-refractivity contribution in [3.05, 3.63) is 54.2 Å². The zero-order valence-electron chi connectivity index (χ0n) is 12.4. The van der Waals surface area contributed by atoms with Crippen LogP contribution in [-0.2, 0) is 10.0 Å². The molecule has 7 heteroatoms. The standard InChI is InChI=1S/C16H18FNO4S/c17-13-6-1-2-8-16(13)23(20,21)18-9-3-5-12(18)11-14(19)15-7-4-10-22-15/h1-2,4,6-8,10,12,14,19H,3,5,9,11H2/t12-,14-/m1/s1. The molecule has 3 rings (SSSR count). The maximum atomic E-state index is 13.9. The minimum absolute atomic E-state index is 0.223. The van der Waals surface area contributed by atoms with Gasteiger partial charge in [0.15, 0.2) is 0 Å². The average Bonchev–Trinajstić information content (AvgIpc) is 3.19. The Labute approximate surface area is 134 Å². The van der Waals surface area contributed by atoms with Gasteiger partial charge in [-0.15, -0.1) is 0 Å². The smallest absolute Gasteiger partial charge is 0.246 e. The van der Waals surface area contributed by atoms with Gasteiger partial charge in [0.2, 0.25) is 10.0 Å². The first-order chi connectivity index (χ1) is 11.0. The lowest BCUT2D eigenvalue weighted by Gasteiger charge is -2.25. The Bertz CT molecular complexity index is 760. The molecule has 2 aromatic rings. The third kappa shape index (κ3) is 3.17. The predicted molar refractivity (Wildman–Crippen MR) is 81.6 cm³/mol. The number of rotatable bonds is 5. The highest BCUT2D eigenvalue weighted by Crippen LogP contribution is 2.32. The van der Waals surface area contributed by atoms with Crippen LogP contribution in [0.15, 0.2) is 52.0 Å². The van der Waals surface area contributed by atoms with Crippen LogP contribution >= 0.6 is 0 Å². The SMILES string of the molecule is O=S(=O)(c1ccccc1F)N1CCC[C@@H]1C[C@@H](O)c1ccco1. The summed E-state index contributed by atoms with van der Waals surface area (Å²) in [5, 5.41) is 10.2. The molecule has 124 valence electrons. The number of hydrogen-bond donors (Lipinski definition) is 1. The Hall–Kier alpha value is -1.70. The van der Waals surface area contributed by atoms with Crippen LogP contribution in [0, 0.1) is 5.82 Å². The van der Waals surface area contributed by atoms with Gasteiger partial charge in [-0.05, 0) is 43.5 Å². The summed E-state index contributed by atoms with van der Waals surface area (Å²) in [5.74, 6) is -0.357. The Kier molecular flexibility index (Phi) is 4.52. The molecule has 0 radical (unpaired) electrons. The molecule has 23 heavy (non-hydrogen) atoms. The summed E-state index contributed by atoms with van der Waals surface area (Å²) in [4.78, 5) is -0.320. The maximum absolute atomic E-state index is 13.9. The number of benzene rings is 1. The predicted octanol–water partition coefficient (Wildman–Crippen LogP) is 2.70. The lowest BCUT2D eigenvalue weighted by Crippen LogP contribution is -2.36. The molecule has 0 aliphatic carbocycles. The summed E-state index contributed by atoms with van der Waals surface area (Å²) >= 11 is 0. The molecule has 0 amide bonds. The molecule has 1 saturated heterocycles. The molecule has 1 aromatic carbocycles. The van der Waals surface area contributed by atoms with Gasteiger partial charge >= 0.3 is 0 Å². The molecule has 1 aliphatic rings. The third-order valence-corrected chi connectivity index (χ3v) is 6.10. The van der Waals surface area contributed by atoms with Gasteiger partial charge in [0.1, 0.15) is 22.6 Å². The summed E-state index contributed by atoms with van der Waals surface area (Å²) < 4.78 is 45.8. The Balaban J connectivity index is 1.82. The van der Waals surface area contributed by atoms with E-state index in [2.05, 4.69) is 0 Å². The van der Waals surface area contributed by atoms with Crippen molar-refractivity contribution < 1.29 is 22.3 Å². The fourth-order valence-corrected chi connectivity index (χ4v) is 4.77. The van der Waals surface area contributed by atoms with Gasteiger partial charge in [0, 0.05) is 12.6 Å². The molecule has 0 unspecified atom stereocenters. The Morgan fingerprint density at radius 2 is 2.09 bits per heavy atom. The summed E-state index contributed by atoms with van der Waals surface area (Å²) in [6, 6.07) is 8.30. The first-order valence-corrected chi connectivity index (χ1v) is 8.92. The highest BCUT2D eigenvalue weighted by molar-refractivity contribution is 7.89. The van der Waals surface area contributed by atoms with Crippen LogP contribution < -0.4 is 0 Å². The maximum Gasteiger partial charge on any atom is 0.246 e. The molecular weight excluding hydrogens is 321 g/mol. The molecule has 1 aliphatic heterocycles. The van der Waals surface area contributed by atoms with Gasteiger partial charge in [0.25, 0.3) is 0 Å². The molecule has 2 atom stereocenters. The lowest BCUT2D eigenvalue weighted by atomic mass is 10.1. The van der Waals surface area contributed by atoms with Crippen molar-refractivity contribution in [3.8, 4) is 0 Å². The summed E-state index contributed by atoms with van der Waals surface area (Å²) in [6.45, 7) is 0.326. The van der Waals surface area contributed by atoms with E-state index in [0.717, 1.165) is 6.07 Å². The number of halogens is 1. The highest BCUT2D eigenvalue weighted by atomic mass is 32.2. The van der Waals surface area contributed by atoms with Gasteiger partial charge < -0.3 is 9.52 Å². The van der Waals surface area contributed by atoms with Crippen molar-refractivity contribution in [3.63, 3.8) is 0 Å². The number of aliphatic hydroxyl groups excluding tert-OH is 1. The van der Waals surface area contributed by atoms with Gasteiger partial charge in [-0.2, -0.15) is 4.31 Å².